The van der Waals surface area contributed by atoms with Crippen molar-refractivity contribution in [2.24, 2.45) is 0 Å². The van der Waals surface area contributed by atoms with Gasteiger partial charge in [0.2, 0.25) is 5.95 Å². The first-order valence-corrected chi connectivity index (χ1v) is 10.8. The van der Waals surface area contributed by atoms with Crippen LogP contribution in [0.1, 0.15) is 29.9 Å². The fraction of sp³-hybridized carbons (Fsp3) is 0.120. The third kappa shape index (κ3) is 4.35. The van der Waals surface area contributed by atoms with Crippen LogP contribution in [0.5, 0.6) is 5.75 Å². The van der Waals surface area contributed by atoms with Gasteiger partial charge in [0, 0.05) is 26.9 Å². The molecule has 1 aliphatic heterocycles. The van der Waals surface area contributed by atoms with Crippen molar-refractivity contribution in [2.75, 3.05) is 12.4 Å². The number of anilines is 1. The Morgan fingerprint density at radius 3 is 2.66 bits per heavy atom. The fourth-order valence-electron chi connectivity index (χ4n) is 3.49. The molecule has 0 saturated carbocycles. The van der Waals surface area contributed by atoms with Gasteiger partial charge in [0.25, 0.3) is 0 Å². The number of fused-ring (bicyclic) bond motifs is 1. The molecule has 7 heteroatoms. The first-order chi connectivity index (χ1) is 15.5. The molecule has 1 atom stereocenters. The maximum Gasteiger partial charge on any atom is 0.227 e. The first kappa shape index (κ1) is 21.9. The van der Waals surface area contributed by atoms with Crippen molar-refractivity contribution < 1.29 is 4.74 Å². The van der Waals surface area contributed by atoms with Gasteiger partial charge in [-0.05, 0) is 61.0 Å². The van der Waals surface area contributed by atoms with E-state index < -0.39 is 0 Å². The van der Waals surface area contributed by atoms with Gasteiger partial charge in [-0.2, -0.15) is 4.98 Å². The number of hydrogen-bond donors (Lipinski definition) is 1. The molecule has 3 aromatic rings. The SMILES string of the molecule is C=C/C=C\C(=C/C)c1nc2n(n1)C(c1cc(Cl)ccc1Cl)C=C(c1ccc(OC)cc1)N2. The van der Waals surface area contributed by atoms with E-state index in [9.17, 15) is 0 Å². The second-order valence-electron chi connectivity index (χ2n) is 7.09. The van der Waals surface area contributed by atoms with Gasteiger partial charge in [0.15, 0.2) is 5.82 Å². The third-order valence-electron chi connectivity index (χ3n) is 5.12. The number of allylic oxidation sites excluding steroid dienone is 6. The average Bonchev–Trinajstić information content (AvgIpc) is 3.24. The summed E-state index contributed by atoms with van der Waals surface area (Å²) in [7, 11) is 1.65. The number of hydrogen-bond acceptors (Lipinski definition) is 4. The van der Waals surface area contributed by atoms with Gasteiger partial charge in [-0.25, -0.2) is 4.68 Å². The molecule has 0 fully saturated rings. The number of halogens is 2. The largest absolute Gasteiger partial charge is 0.497 e. The van der Waals surface area contributed by atoms with Crippen LogP contribution in [-0.2, 0) is 0 Å². The number of aromatic nitrogens is 3. The summed E-state index contributed by atoms with van der Waals surface area (Å²) in [4.78, 5) is 4.76. The van der Waals surface area contributed by atoms with Crippen LogP contribution in [0.4, 0.5) is 5.95 Å². The predicted octanol–water partition coefficient (Wildman–Crippen LogP) is 6.80. The van der Waals surface area contributed by atoms with Crippen molar-refractivity contribution in [1.29, 1.82) is 0 Å². The highest BCUT2D eigenvalue weighted by atomic mass is 35.5. The summed E-state index contributed by atoms with van der Waals surface area (Å²) >= 11 is 12.9. The maximum absolute atomic E-state index is 6.57. The number of nitrogens with zero attached hydrogens (tertiary/aromatic N) is 3. The van der Waals surface area contributed by atoms with Gasteiger partial charge in [-0.15, -0.1) is 5.10 Å². The number of benzene rings is 2. The number of rotatable bonds is 6. The van der Waals surface area contributed by atoms with E-state index in [1.54, 1.807) is 25.3 Å². The summed E-state index contributed by atoms with van der Waals surface area (Å²) in [5.41, 5.74) is 3.61. The summed E-state index contributed by atoms with van der Waals surface area (Å²) in [5.74, 6) is 2.00. The van der Waals surface area contributed by atoms with Crippen LogP contribution < -0.4 is 10.1 Å². The minimum Gasteiger partial charge on any atom is -0.497 e. The highest BCUT2D eigenvalue weighted by Gasteiger charge is 2.27. The molecule has 0 aliphatic carbocycles. The number of ether oxygens (including phenoxy) is 1. The fourth-order valence-corrected chi connectivity index (χ4v) is 3.90. The molecular formula is C25H22Cl2N4O. The van der Waals surface area contributed by atoms with E-state index >= 15 is 0 Å². The molecule has 0 saturated heterocycles. The molecule has 2 aromatic carbocycles. The molecule has 1 unspecified atom stereocenters. The molecule has 4 rings (SSSR count). The molecule has 0 radical (unpaired) electrons. The van der Waals surface area contributed by atoms with Crippen LogP contribution in [0, 0.1) is 0 Å². The van der Waals surface area contributed by atoms with Gasteiger partial charge in [0.05, 0.1) is 7.11 Å². The Labute approximate surface area is 197 Å². The lowest BCUT2D eigenvalue weighted by Crippen LogP contribution is -2.20. The van der Waals surface area contributed by atoms with Crippen LogP contribution in [0.3, 0.4) is 0 Å². The molecule has 162 valence electrons. The zero-order valence-corrected chi connectivity index (χ0v) is 19.2. The Morgan fingerprint density at radius 2 is 1.97 bits per heavy atom. The van der Waals surface area contributed by atoms with Gasteiger partial charge in [0.1, 0.15) is 11.8 Å². The maximum atomic E-state index is 6.57. The van der Waals surface area contributed by atoms with Crippen LogP contribution in [0.2, 0.25) is 10.0 Å². The van der Waals surface area contributed by atoms with E-state index in [1.165, 1.54) is 0 Å². The summed E-state index contributed by atoms with van der Waals surface area (Å²) in [5, 5.41) is 9.39. The minimum atomic E-state index is -0.294. The average molecular weight is 465 g/mol. The lowest BCUT2D eigenvalue weighted by molar-refractivity contribution is 0.415. The Morgan fingerprint density at radius 1 is 1.19 bits per heavy atom. The second-order valence-corrected chi connectivity index (χ2v) is 7.93. The van der Waals surface area contributed by atoms with Crippen molar-refractivity contribution in [2.45, 2.75) is 13.0 Å². The van der Waals surface area contributed by atoms with Crippen LogP contribution in [0.25, 0.3) is 11.3 Å². The third-order valence-corrected chi connectivity index (χ3v) is 5.70. The van der Waals surface area contributed by atoms with Gasteiger partial charge >= 0.3 is 0 Å². The van der Waals surface area contributed by atoms with Crippen molar-refractivity contribution >= 4 is 40.4 Å². The molecular weight excluding hydrogens is 443 g/mol. The van der Waals surface area contributed by atoms with Crippen LogP contribution in [0.15, 0.2) is 79.4 Å². The predicted molar refractivity (Wildman–Crippen MR) is 132 cm³/mol. The van der Waals surface area contributed by atoms with Gasteiger partial charge in [-0.3, -0.25) is 0 Å². The van der Waals surface area contributed by atoms with Crippen molar-refractivity contribution in [3.63, 3.8) is 0 Å². The van der Waals surface area contributed by atoms with Gasteiger partial charge in [-0.1, -0.05) is 54.1 Å². The minimum absolute atomic E-state index is 0.294. The van der Waals surface area contributed by atoms with Crippen LogP contribution in [-0.4, -0.2) is 21.9 Å². The van der Waals surface area contributed by atoms with Crippen LogP contribution >= 0.6 is 23.2 Å². The number of methoxy groups -OCH3 is 1. The van der Waals surface area contributed by atoms with Crippen molar-refractivity contribution in [1.82, 2.24) is 14.8 Å². The second kappa shape index (κ2) is 9.47. The Balaban J connectivity index is 1.84. The van der Waals surface area contributed by atoms with E-state index in [1.807, 2.05) is 60.2 Å². The van der Waals surface area contributed by atoms with E-state index in [4.69, 9.17) is 38.0 Å². The quantitative estimate of drug-likeness (QED) is 0.407. The molecule has 1 aliphatic rings. The van der Waals surface area contributed by atoms with E-state index in [0.717, 1.165) is 28.1 Å². The zero-order valence-electron chi connectivity index (χ0n) is 17.7. The Kier molecular flexibility index (Phi) is 6.49. The zero-order chi connectivity index (χ0) is 22.7. The van der Waals surface area contributed by atoms with E-state index in [0.29, 0.717) is 21.8 Å². The highest BCUT2D eigenvalue weighted by molar-refractivity contribution is 6.33. The van der Waals surface area contributed by atoms with Crippen molar-refractivity contribution in [3.05, 3.63) is 106 Å². The van der Waals surface area contributed by atoms with E-state index in [2.05, 4.69) is 18.0 Å². The summed E-state index contributed by atoms with van der Waals surface area (Å²) in [6.07, 6.45) is 9.53. The first-order valence-electron chi connectivity index (χ1n) is 10.0. The Bertz CT molecular complexity index is 1240. The standard InChI is InChI=1S/C25H22Cl2N4O/c1-4-6-7-16(5-2)24-29-25-28-22(17-8-11-19(32-3)12-9-17)15-23(31(25)30-24)20-14-18(26)10-13-21(20)27/h4-15,23H,1H2,2-3H3,(H,28,29,30)/b7-6-,16-5+. The monoisotopic (exact) mass is 464 g/mol. The lowest BCUT2D eigenvalue weighted by Gasteiger charge is -2.25. The number of nitrogens with one attached hydrogen (secondary N) is 1. The molecule has 2 heterocycles. The molecule has 1 N–H and O–H groups in total. The lowest BCUT2D eigenvalue weighted by atomic mass is 10.0. The molecule has 0 bridgehead atoms. The smallest absolute Gasteiger partial charge is 0.227 e. The highest BCUT2D eigenvalue weighted by Crippen LogP contribution is 2.37. The van der Waals surface area contributed by atoms with Crippen molar-refractivity contribution in [3.8, 4) is 5.75 Å². The summed E-state index contributed by atoms with van der Waals surface area (Å²) in [6.45, 7) is 5.68. The molecule has 1 aromatic heterocycles. The van der Waals surface area contributed by atoms with Gasteiger partial charge < -0.3 is 10.1 Å². The Hall–Kier alpha value is -3.28. The molecule has 5 nitrogen and oxygen atoms in total. The molecule has 32 heavy (non-hydrogen) atoms. The normalized spacial score (nSPS) is 15.8. The summed E-state index contributed by atoms with van der Waals surface area (Å²) < 4.78 is 7.11. The summed E-state index contributed by atoms with van der Waals surface area (Å²) in [6, 6.07) is 13.0. The molecule has 0 amide bonds. The topological polar surface area (TPSA) is 52.0 Å². The van der Waals surface area contributed by atoms with E-state index in [-0.39, 0.29) is 6.04 Å². The molecule has 0 spiro atoms.